The third-order valence-electron chi connectivity index (χ3n) is 1.53. The van der Waals surface area contributed by atoms with Crippen molar-refractivity contribution in [1.82, 2.24) is 14.8 Å². The molecular weight excluding hydrogens is 140 g/mol. The van der Waals surface area contributed by atoms with Crippen molar-refractivity contribution in [3.8, 4) is 0 Å². The van der Waals surface area contributed by atoms with Crippen molar-refractivity contribution in [1.29, 1.82) is 0 Å². The van der Waals surface area contributed by atoms with Gasteiger partial charge in [0.25, 0.3) is 0 Å². The van der Waals surface area contributed by atoms with Crippen molar-refractivity contribution in [3.63, 3.8) is 0 Å². The highest BCUT2D eigenvalue weighted by Crippen LogP contribution is 2.11. The lowest BCUT2D eigenvalue weighted by atomic mass is 10.2. The van der Waals surface area contributed by atoms with Crippen LogP contribution in [0.3, 0.4) is 0 Å². The molecule has 4 heteroatoms. The third-order valence-corrected chi connectivity index (χ3v) is 1.53. The molecule has 1 rings (SSSR count). The molecule has 1 aromatic heterocycles. The summed E-state index contributed by atoms with van der Waals surface area (Å²) in [6.45, 7) is 7.02. The lowest BCUT2D eigenvalue weighted by molar-refractivity contribution is 0.589. The number of nitrogens with zero attached hydrogens (tertiary/aromatic N) is 3. The van der Waals surface area contributed by atoms with E-state index in [0.717, 1.165) is 12.4 Å². The Morgan fingerprint density at radius 3 is 2.55 bits per heavy atom. The molecular formula is C7H14N4. The third kappa shape index (κ3) is 1.50. The fourth-order valence-corrected chi connectivity index (χ4v) is 1.03. The minimum Gasteiger partial charge on any atom is -0.366 e. The fraction of sp³-hybridized carbons (Fsp3) is 0.714. The first-order chi connectivity index (χ1) is 5.15. The van der Waals surface area contributed by atoms with Gasteiger partial charge in [-0.1, -0.05) is 13.8 Å². The second-order valence-electron chi connectivity index (χ2n) is 2.80. The van der Waals surface area contributed by atoms with Crippen LogP contribution < -0.4 is 5.73 Å². The summed E-state index contributed by atoms with van der Waals surface area (Å²) in [4.78, 5) is 4.11. The summed E-state index contributed by atoms with van der Waals surface area (Å²) in [7, 11) is 0. The molecule has 0 atom stereocenters. The predicted molar refractivity (Wildman–Crippen MR) is 44.2 cm³/mol. The van der Waals surface area contributed by atoms with Crippen LogP contribution in [-0.2, 0) is 6.54 Å². The number of aromatic nitrogens is 3. The van der Waals surface area contributed by atoms with Crippen molar-refractivity contribution >= 4 is 5.95 Å². The van der Waals surface area contributed by atoms with Gasteiger partial charge in [0.1, 0.15) is 5.82 Å². The van der Waals surface area contributed by atoms with Crippen LogP contribution in [0.25, 0.3) is 0 Å². The molecule has 1 aromatic rings. The standard InChI is InChI=1S/C7H14N4/c1-4-11-6(5(2)3)9-7(8)10-11/h5H,4H2,1-3H3,(H2,8,10). The molecule has 0 aliphatic rings. The van der Waals surface area contributed by atoms with Gasteiger partial charge >= 0.3 is 0 Å². The maximum absolute atomic E-state index is 5.45. The highest BCUT2D eigenvalue weighted by Gasteiger charge is 2.08. The van der Waals surface area contributed by atoms with E-state index in [4.69, 9.17) is 5.73 Å². The van der Waals surface area contributed by atoms with Gasteiger partial charge in [-0.25, -0.2) is 4.68 Å². The fourth-order valence-electron chi connectivity index (χ4n) is 1.03. The van der Waals surface area contributed by atoms with Crippen LogP contribution in [0, 0.1) is 0 Å². The molecule has 2 N–H and O–H groups in total. The van der Waals surface area contributed by atoms with Gasteiger partial charge in [0.15, 0.2) is 0 Å². The monoisotopic (exact) mass is 154 g/mol. The lowest BCUT2D eigenvalue weighted by Gasteiger charge is -2.03. The van der Waals surface area contributed by atoms with Crippen LogP contribution in [0.1, 0.15) is 32.5 Å². The summed E-state index contributed by atoms with van der Waals surface area (Å²) in [5.41, 5.74) is 5.45. The summed E-state index contributed by atoms with van der Waals surface area (Å²) in [6.07, 6.45) is 0. The van der Waals surface area contributed by atoms with E-state index < -0.39 is 0 Å². The van der Waals surface area contributed by atoms with Gasteiger partial charge in [0.05, 0.1) is 0 Å². The van der Waals surface area contributed by atoms with Gasteiger partial charge in [-0.2, -0.15) is 4.98 Å². The Morgan fingerprint density at radius 2 is 2.18 bits per heavy atom. The maximum Gasteiger partial charge on any atom is 0.239 e. The Balaban J connectivity index is 3.02. The SMILES string of the molecule is CCn1nc(N)nc1C(C)C. The zero-order valence-corrected chi connectivity index (χ0v) is 7.20. The molecule has 0 saturated carbocycles. The Bertz CT molecular complexity index is 239. The predicted octanol–water partition coefficient (Wildman–Crippen LogP) is 1.00. The second kappa shape index (κ2) is 2.90. The van der Waals surface area contributed by atoms with Gasteiger partial charge in [0.2, 0.25) is 5.95 Å². The van der Waals surface area contributed by atoms with E-state index in [2.05, 4.69) is 23.9 Å². The van der Waals surface area contributed by atoms with Gasteiger partial charge in [0, 0.05) is 12.5 Å². The quantitative estimate of drug-likeness (QED) is 0.691. The number of hydrogen-bond acceptors (Lipinski definition) is 3. The molecule has 0 unspecified atom stereocenters. The van der Waals surface area contributed by atoms with Crippen molar-refractivity contribution in [2.75, 3.05) is 5.73 Å². The molecule has 62 valence electrons. The molecule has 0 amide bonds. The molecule has 0 radical (unpaired) electrons. The van der Waals surface area contributed by atoms with E-state index in [9.17, 15) is 0 Å². The summed E-state index contributed by atoms with van der Waals surface area (Å²) >= 11 is 0. The minimum atomic E-state index is 0.371. The van der Waals surface area contributed by atoms with Crippen LogP contribution in [-0.4, -0.2) is 14.8 Å². The summed E-state index contributed by atoms with van der Waals surface area (Å²) in [5, 5.41) is 4.03. The summed E-state index contributed by atoms with van der Waals surface area (Å²) in [6, 6.07) is 0. The maximum atomic E-state index is 5.45. The molecule has 0 saturated heterocycles. The zero-order valence-electron chi connectivity index (χ0n) is 7.20. The Kier molecular flexibility index (Phi) is 2.12. The van der Waals surface area contributed by atoms with E-state index in [-0.39, 0.29) is 0 Å². The van der Waals surface area contributed by atoms with E-state index in [1.165, 1.54) is 0 Å². The zero-order chi connectivity index (χ0) is 8.43. The summed E-state index contributed by atoms with van der Waals surface area (Å²) < 4.78 is 1.83. The van der Waals surface area contributed by atoms with Crippen LogP contribution in [0.5, 0.6) is 0 Å². The lowest BCUT2D eigenvalue weighted by Crippen LogP contribution is -2.04. The van der Waals surface area contributed by atoms with Crippen molar-refractivity contribution in [2.45, 2.75) is 33.2 Å². The number of nitrogens with two attached hydrogens (primary N) is 1. The summed E-state index contributed by atoms with van der Waals surface area (Å²) in [5.74, 6) is 1.72. The smallest absolute Gasteiger partial charge is 0.239 e. The van der Waals surface area contributed by atoms with Crippen LogP contribution in [0.2, 0.25) is 0 Å². The van der Waals surface area contributed by atoms with Gasteiger partial charge in [-0.3, -0.25) is 0 Å². The van der Waals surface area contributed by atoms with E-state index in [0.29, 0.717) is 11.9 Å². The van der Waals surface area contributed by atoms with E-state index in [1.54, 1.807) is 0 Å². The number of anilines is 1. The number of nitrogen functional groups attached to an aromatic ring is 1. The second-order valence-corrected chi connectivity index (χ2v) is 2.80. The Labute approximate surface area is 66.4 Å². The molecule has 11 heavy (non-hydrogen) atoms. The van der Waals surface area contributed by atoms with Gasteiger partial charge in [-0.15, -0.1) is 5.10 Å². The normalized spacial score (nSPS) is 10.9. The first-order valence-electron chi connectivity index (χ1n) is 3.85. The molecule has 1 heterocycles. The molecule has 0 bridgehead atoms. The van der Waals surface area contributed by atoms with Crippen LogP contribution in [0.4, 0.5) is 5.95 Å². The van der Waals surface area contributed by atoms with Crippen molar-refractivity contribution < 1.29 is 0 Å². The molecule has 0 aliphatic heterocycles. The average molecular weight is 154 g/mol. The number of hydrogen-bond donors (Lipinski definition) is 1. The number of rotatable bonds is 2. The molecule has 4 nitrogen and oxygen atoms in total. The largest absolute Gasteiger partial charge is 0.366 e. The van der Waals surface area contributed by atoms with E-state index >= 15 is 0 Å². The average Bonchev–Trinajstić information content (AvgIpc) is 2.30. The van der Waals surface area contributed by atoms with Crippen LogP contribution in [0.15, 0.2) is 0 Å². The van der Waals surface area contributed by atoms with Crippen LogP contribution >= 0.6 is 0 Å². The van der Waals surface area contributed by atoms with E-state index in [1.807, 2.05) is 11.6 Å². The molecule has 0 aliphatic carbocycles. The highest BCUT2D eigenvalue weighted by molar-refractivity contribution is 5.15. The number of aryl methyl sites for hydroxylation is 1. The molecule has 0 spiro atoms. The Hall–Kier alpha value is -1.06. The minimum absolute atomic E-state index is 0.371. The van der Waals surface area contributed by atoms with Gasteiger partial charge in [-0.05, 0) is 6.92 Å². The van der Waals surface area contributed by atoms with Gasteiger partial charge < -0.3 is 5.73 Å². The first-order valence-corrected chi connectivity index (χ1v) is 3.85. The molecule has 0 aromatic carbocycles. The highest BCUT2D eigenvalue weighted by atomic mass is 15.4. The van der Waals surface area contributed by atoms with Crippen molar-refractivity contribution in [3.05, 3.63) is 5.82 Å². The topological polar surface area (TPSA) is 56.7 Å². The first kappa shape index (κ1) is 8.04. The molecule has 0 fully saturated rings. The Morgan fingerprint density at radius 1 is 1.55 bits per heavy atom. The van der Waals surface area contributed by atoms with Crippen molar-refractivity contribution in [2.24, 2.45) is 0 Å².